The number of nitrogens with zero attached hydrogens (tertiary/aromatic N) is 2. The van der Waals surface area contributed by atoms with Crippen molar-refractivity contribution >= 4 is 11.8 Å². The molecular weight excluding hydrogens is 200 g/mol. The molecule has 0 aliphatic rings. The molecule has 1 N–H and O–H groups in total. The first-order valence-corrected chi connectivity index (χ1v) is 4.05. The highest BCUT2D eigenvalue weighted by molar-refractivity contribution is 5.60. The van der Waals surface area contributed by atoms with Crippen LogP contribution in [0.5, 0.6) is 5.75 Å². The van der Waals surface area contributed by atoms with Gasteiger partial charge in [-0.25, -0.2) is 9.78 Å². The van der Waals surface area contributed by atoms with Crippen LogP contribution in [-0.4, -0.2) is 20.6 Å². The van der Waals surface area contributed by atoms with E-state index in [1.165, 1.54) is 10.6 Å². The van der Waals surface area contributed by atoms with Crippen molar-refractivity contribution in [3.8, 4) is 5.75 Å². The SMILES string of the molecule is O=C(O)Oc1cnc2ccccn2c1=O. The molecule has 0 amide bonds. The monoisotopic (exact) mass is 206 g/mol. The summed E-state index contributed by atoms with van der Waals surface area (Å²) in [7, 11) is 0. The molecule has 2 rings (SSSR count). The largest absolute Gasteiger partial charge is 0.511 e. The summed E-state index contributed by atoms with van der Waals surface area (Å²) < 4.78 is 5.48. The van der Waals surface area contributed by atoms with Gasteiger partial charge in [0.05, 0.1) is 6.20 Å². The van der Waals surface area contributed by atoms with E-state index in [0.29, 0.717) is 5.65 Å². The Morgan fingerprint density at radius 3 is 3.00 bits per heavy atom. The second-order valence-electron chi connectivity index (χ2n) is 2.72. The van der Waals surface area contributed by atoms with Crippen LogP contribution in [0.1, 0.15) is 0 Å². The van der Waals surface area contributed by atoms with Crippen LogP contribution in [-0.2, 0) is 0 Å². The molecule has 0 aromatic carbocycles. The van der Waals surface area contributed by atoms with Gasteiger partial charge < -0.3 is 9.84 Å². The zero-order valence-corrected chi connectivity index (χ0v) is 7.45. The fraction of sp³-hybridized carbons (Fsp3) is 0. The summed E-state index contributed by atoms with van der Waals surface area (Å²) in [4.78, 5) is 25.7. The molecule has 0 bridgehead atoms. The molecule has 0 spiro atoms. The Bertz CT molecular complexity index is 576. The summed E-state index contributed by atoms with van der Waals surface area (Å²) in [5.74, 6) is -0.314. The van der Waals surface area contributed by atoms with Crippen LogP contribution in [0.2, 0.25) is 0 Å². The molecule has 0 unspecified atom stereocenters. The number of hydrogen-bond donors (Lipinski definition) is 1. The molecule has 0 aliphatic heterocycles. The molecule has 0 fully saturated rings. The molecular formula is C9H6N2O4. The van der Waals surface area contributed by atoms with E-state index in [-0.39, 0.29) is 5.75 Å². The fourth-order valence-corrected chi connectivity index (χ4v) is 1.17. The number of hydrogen-bond acceptors (Lipinski definition) is 4. The van der Waals surface area contributed by atoms with Gasteiger partial charge in [0, 0.05) is 6.20 Å². The van der Waals surface area contributed by atoms with E-state index in [0.717, 1.165) is 6.20 Å². The minimum absolute atomic E-state index is 0.314. The van der Waals surface area contributed by atoms with Gasteiger partial charge in [-0.15, -0.1) is 0 Å². The number of ether oxygens (including phenoxy) is 1. The van der Waals surface area contributed by atoms with Gasteiger partial charge >= 0.3 is 11.7 Å². The molecule has 2 aromatic rings. The Kier molecular flexibility index (Phi) is 2.09. The van der Waals surface area contributed by atoms with Crippen molar-refractivity contribution in [2.24, 2.45) is 0 Å². The lowest BCUT2D eigenvalue weighted by atomic mass is 10.4. The van der Waals surface area contributed by atoms with Crippen LogP contribution in [0, 0.1) is 0 Å². The van der Waals surface area contributed by atoms with Crippen LogP contribution in [0.4, 0.5) is 4.79 Å². The summed E-state index contributed by atoms with van der Waals surface area (Å²) in [5.41, 5.74) is -0.122. The lowest BCUT2D eigenvalue weighted by Gasteiger charge is -2.01. The predicted octanol–water partition coefficient (Wildman–Crippen LogP) is 0.751. The fourth-order valence-electron chi connectivity index (χ4n) is 1.17. The van der Waals surface area contributed by atoms with Crippen LogP contribution < -0.4 is 10.3 Å². The summed E-state index contributed by atoms with van der Waals surface area (Å²) in [6, 6.07) is 4.99. The standard InChI is InChI=1S/C9H6N2O4/c12-8-6(15-9(13)14)5-10-7-3-1-2-4-11(7)8/h1-5H,(H,13,14). The maximum Gasteiger partial charge on any atom is 0.511 e. The number of fused-ring (bicyclic) bond motifs is 1. The van der Waals surface area contributed by atoms with Gasteiger partial charge in [0.2, 0.25) is 5.75 Å². The van der Waals surface area contributed by atoms with E-state index < -0.39 is 11.7 Å². The number of carboxylic acid groups (broad SMARTS) is 1. The zero-order chi connectivity index (χ0) is 10.8. The highest BCUT2D eigenvalue weighted by Crippen LogP contribution is 2.03. The molecule has 2 aromatic heterocycles. The summed E-state index contributed by atoms with van der Waals surface area (Å²) >= 11 is 0. The van der Waals surface area contributed by atoms with Gasteiger partial charge in [-0.1, -0.05) is 6.07 Å². The molecule has 0 aliphatic carbocycles. The number of rotatable bonds is 1. The minimum Gasteiger partial charge on any atom is -0.449 e. The van der Waals surface area contributed by atoms with Crippen molar-refractivity contribution in [1.29, 1.82) is 0 Å². The third-order valence-electron chi connectivity index (χ3n) is 1.78. The minimum atomic E-state index is -1.54. The highest BCUT2D eigenvalue weighted by atomic mass is 16.7. The molecule has 0 saturated carbocycles. The predicted molar refractivity (Wildman–Crippen MR) is 50.1 cm³/mol. The van der Waals surface area contributed by atoms with Gasteiger partial charge in [-0.3, -0.25) is 9.20 Å². The first-order chi connectivity index (χ1) is 7.18. The zero-order valence-electron chi connectivity index (χ0n) is 7.45. The normalized spacial score (nSPS) is 10.1. The maximum absolute atomic E-state index is 11.6. The van der Waals surface area contributed by atoms with E-state index in [9.17, 15) is 9.59 Å². The van der Waals surface area contributed by atoms with Crippen LogP contribution in [0.3, 0.4) is 0 Å². The Labute approximate surface area is 83.4 Å². The van der Waals surface area contributed by atoms with Gasteiger partial charge in [0.1, 0.15) is 5.65 Å². The van der Waals surface area contributed by atoms with Gasteiger partial charge in [-0.2, -0.15) is 0 Å². The molecule has 6 nitrogen and oxygen atoms in total. The Balaban J connectivity index is 2.65. The number of pyridine rings is 1. The van der Waals surface area contributed by atoms with Crippen molar-refractivity contribution < 1.29 is 14.6 Å². The molecule has 15 heavy (non-hydrogen) atoms. The highest BCUT2D eigenvalue weighted by Gasteiger charge is 2.08. The molecule has 0 atom stereocenters. The quantitative estimate of drug-likeness (QED) is 0.696. The molecule has 76 valence electrons. The van der Waals surface area contributed by atoms with Crippen LogP contribution in [0.15, 0.2) is 35.4 Å². The van der Waals surface area contributed by atoms with E-state index in [4.69, 9.17) is 5.11 Å². The smallest absolute Gasteiger partial charge is 0.449 e. The summed E-state index contributed by atoms with van der Waals surface area (Å²) in [5, 5.41) is 8.37. The molecule has 2 heterocycles. The Hall–Kier alpha value is -2.37. The molecule has 6 heteroatoms. The first-order valence-electron chi connectivity index (χ1n) is 4.05. The topological polar surface area (TPSA) is 80.9 Å². The first kappa shape index (κ1) is 9.20. The van der Waals surface area contributed by atoms with Crippen LogP contribution >= 0.6 is 0 Å². The van der Waals surface area contributed by atoms with Gasteiger partial charge in [0.15, 0.2) is 0 Å². The van der Waals surface area contributed by atoms with Crippen molar-refractivity contribution in [3.05, 3.63) is 40.9 Å². The molecule has 0 radical (unpaired) electrons. The Morgan fingerprint density at radius 1 is 1.47 bits per heavy atom. The van der Waals surface area contributed by atoms with Crippen molar-refractivity contribution in [2.45, 2.75) is 0 Å². The average Bonchev–Trinajstić information content (AvgIpc) is 2.22. The van der Waals surface area contributed by atoms with E-state index in [2.05, 4.69) is 9.72 Å². The van der Waals surface area contributed by atoms with Gasteiger partial charge in [-0.05, 0) is 12.1 Å². The van der Waals surface area contributed by atoms with Crippen LogP contribution in [0.25, 0.3) is 5.65 Å². The average molecular weight is 206 g/mol. The summed E-state index contributed by atoms with van der Waals surface area (Å²) in [6.07, 6.45) is 1.04. The Morgan fingerprint density at radius 2 is 2.27 bits per heavy atom. The van der Waals surface area contributed by atoms with E-state index in [1.807, 2.05) is 0 Å². The van der Waals surface area contributed by atoms with Crippen molar-refractivity contribution in [1.82, 2.24) is 9.38 Å². The van der Waals surface area contributed by atoms with E-state index >= 15 is 0 Å². The number of aromatic nitrogens is 2. The lowest BCUT2D eigenvalue weighted by molar-refractivity contribution is 0.143. The third kappa shape index (κ3) is 1.64. The number of carbonyl (C=O) groups is 1. The second-order valence-corrected chi connectivity index (χ2v) is 2.72. The molecule has 0 saturated heterocycles. The summed E-state index contributed by atoms with van der Waals surface area (Å²) in [6.45, 7) is 0. The van der Waals surface area contributed by atoms with Crippen molar-refractivity contribution in [2.75, 3.05) is 0 Å². The lowest BCUT2D eigenvalue weighted by Crippen LogP contribution is -2.19. The van der Waals surface area contributed by atoms with Gasteiger partial charge in [0.25, 0.3) is 0 Å². The van der Waals surface area contributed by atoms with E-state index in [1.54, 1.807) is 18.2 Å². The second kappa shape index (κ2) is 3.41. The third-order valence-corrected chi connectivity index (χ3v) is 1.78. The maximum atomic E-state index is 11.6. The van der Waals surface area contributed by atoms with Crippen molar-refractivity contribution in [3.63, 3.8) is 0 Å².